The van der Waals surface area contributed by atoms with Gasteiger partial charge >= 0.3 is 0 Å². The molecule has 15 N–H and O–H groups in total. The number of primary amides is 1. The molecule has 0 aliphatic carbocycles. The molecule has 0 radical (unpaired) electrons. The fraction of sp³-hybridized carbons (Fsp3) is 0.345. The van der Waals surface area contributed by atoms with Crippen molar-refractivity contribution in [2.75, 3.05) is 23.0 Å². The minimum absolute atomic E-state index is 0.0230. The Morgan fingerprint density at radius 3 is 1.77 bits per heavy atom. The molecule has 1 aromatic heterocycles. The van der Waals surface area contributed by atoms with E-state index in [0.717, 1.165) is 21.9 Å². The molecule has 9 atom stereocenters. The van der Waals surface area contributed by atoms with Crippen molar-refractivity contribution in [3.63, 3.8) is 0 Å². The van der Waals surface area contributed by atoms with Crippen molar-refractivity contribution in [2.45, 2.75) is 107 Å². The molecular weight excluding hydrogens is 1070 g/mol. The molecule has 8 amide bonds. The zero-order valence-corrected chi connectivity index (χ0v) is 46.7. The Hall–Kier alpha value is -7.96. The van der Waals surface area contributed by atoms with E-state index < -0.39 is 102 Å². The van der Waals surface area contributed by atoms with Crippen molar-refractivity contribution in [3.05, 3.63) is 144 Å². The van der Waals surface area contributed by atoms with E-state index in [4.69, 9.17) is 17.2 Å². The van der Waals surface area contributed by atoms with Crippen LogP contribution in [-0.4, -0.2) is 135 Å². The Kier molecular flexibility index (Phi) is 23.1. The second kappa shape index (κ2) is 30.0. The van der Waals surface area contributed by atoms with Crippen molar-refractivity contribution in [3.8, 4) is 5.75 Å². The highest BCUT2D eigenvalue weighted by Crippen LogP contribution is 2.29. The maximum atomic E-state index is 14.8. The first-order valence-corrected chi connectivity index (χ1v) is 27.7. The zero-order chi connectivity index (χ0) is 58.8. The van der Waals surface area contributed by atoms with Gasteiger partial charge in [0.25, 0.3) is 5.91 Å². The third-order valence-corrected chi connectivity index (χ3v) is 14.4. The topological polar surface area (TPSA) is 346 Å². The molecule has 0 bridgehead atoms. The van der Waals surface area contributed by atoms with Crippen LogP contribution in [-0.2, 0) is 57.6 Å². The average Bonchev–Trinajstić information content (AvgIpc) is 3.87. The van der Waals surface area contributed by atoms with Crippen LogP contribution < -0.4 is 54.0 Å². The van der Waals surface area contributed by atoms with Crippen LogP contribution in [0.1, 0.15) is 49.8 Å². The van der Waals surface area contributed by atoms with E-state index in [1.807, 2.05) is 54.6 Å². The number of anilines is 1. The molecule has 6 rings (SSSR count). The summed E-state index contributed by atoms with van der Waals surface area (Å²) in [7, 11) is 0. The molecule has 0 spiro atoms. The normalized spacial score (nSPS) is 14.6. The van der Waals surface area contributed by atoms with E-state index in [0.29, 0.717) is 35.0 Å². The first-order valence-electron chi connectivity index (χ1n) is 26.5. The van der Waals surface area contributed by atoms with Gasteiger partial charge in [0.15, 0.2) is 0 Å². The lowest BCUT2D eigenvalue weighted by molar-refractivity contribution is -0.136. The maximum Gasteiger partial charge on any atom is 0.251 e. The van der Waals surface area contributed by atoms with Gasteiger partial charge in [0.05, 0.1) is 17.8 Å². The van der Waals surface area contributed by atoms with E-state index in [1.165, 1.54) is 30.9 Å². The number of amides is 8. The molecule has 5 aromatic carbocycles. The largest absolute Gasteiger partial charge is 0.508 e. The van der Waals surface area contributed by atoms with Crippen molar-refractivity contribution >= 4 is 99.9 Å². The SMILES string of the molecule is C[C@@H](O)[C@H](NC(=O)[C@H](CCCCN)NC(=O)[C@H](Cc1c[nH]c2ccccc12)NC(=O)[C@H](Cc1ccc(O)cc1)NC(=O)[C@H](CS)NC(=O)[C@@H](N)Cc1ccccc1)C(=O)N[C@@H](CS)C(=O)N(c1cccc2ccccc12)[C@@H](C)C(N)=O. The van der Waals surface area contributed by atoms with Crippen LogP contribution in [0, 0.1) is 0 Å². The number of fused-ring (bicyclic) bond motifs is 2. The Morgan fingerprint density at radius 2 is 1.12 bits per heavy atom. The summed E-state index contributed by atoms with van der Waals surface area (Å²) in [5, 5.41) is 39.2. The number of phenols is 1. The number of aromatic amines is 1. The summed E-state index contributed by atoms with van der Waals surface area (Å²) >= 11 is 8.69. The number of nitrogens with zero attached hydrogens (tertiary/aromatic N) is 1. The third-order valence-electron chi connectivity index (χ3n) is 13.7. The van der Waals surface area contributed by atoms with Gasteiger partial charge in [-0.3, -0.25) is 43.3 Å². The first kappa shape index (κ1) is 62.2. The zero-order valence-electron chi connectivity index (χ0n) is 44.9. The van der Waals surface area contributed by atoms with Gasteiger partial charge in [0.2, 0.25) is 41.4 Å². The number of aliphatic hydroxyl groups is 1. The molecule has 21 nitrogen and oxygen atoms in total. The number of hydrogen-bond donors (Lipinski definition) is 14. The molecule has 23 heteroatoms. The number of thiol groups is 2. The lowest BCUT2D eigenvalue weighted by Gasteiger charge is -2.32. The lowest BCUT2D eigenvalue weighted by atomic mass is 10.0. The number of aliphatic hydroxyl groups excluding tert-OH is 1. The second-order valence-corrected chi connectivity index (χ2v) is 20.4. The molecule has 81 heavy (non-hydrogen) atoms. The van der Waals surface area contributed by atoms with Crippen LogP contribution in [0.5, 0.6) is 5.75 Å². The number of carbonyl (C=O) groups excluding carboxylic acids is 8. The van der Waals surface area contributed by atoms with E-state index in [2.05, 4.69) is 62.1 Å². The molecule has 0 aliphatic rings. The molecule has 0 fully saturated rings. The number of carbonyl (C=O) groups is 8. The fourth-order valence-electron chi connectivity index (χ4n) is 9.16. The fourth-order valence-corrected chi connectivity index (χ4v) is 9.66. The summed E-state index contributed by atoms with van der Waals surface area (Å²) < 4.78 is 0. The summed E-state index contributed by atoms with van der Waals surface area (Å²) in [5.74, 6) is -7.13. The summed E-state index contributed by atoms with van der Waals surface area (Å²) in [5.41, 5.74) is 20.8. The van der Waals surface area contributed by atoms with E-state index in [-0.39, 0.29) is 49.5 Å². The van der Waals surface area contributed by atoms with Crippen molar-refractivity contribution < 1.29 is 48.6 Å². The molecule has 0 saturated carbocycles. The minimum atomic E-state index is -1.71. The monoisotopic (exact) mass is 1150 g/mol. The number of nitrogens with one attached hydrogen (secondary N) is 7. The van der Waals surface area contributed by atoms with Crippen LogP contribution in [0.15, 0.2) is 128 Å². The van der Waals surface area contributed by atoms with Crippen LogP contribution in [0.2, 0.25) is 0 Å². The highest BCUT2D eigenvalue weighted by Gasteiger charge is 2.38. The van der Waals surface area contributed by atoms with Gasteiger partial charge < -0.3 is 64.3 Å². The van der Waals surface area contributed by atoms with Gasteiger partial charge in [0.1, 0.15) is 48.0 Å². The highest BCUT2D eigenvalue weighted by molar-refractivity contribution is 7.80. The van der Waals surface area contributed by atoms with Crippen LogP contribution in [0.25, 0.3) is 21.7 Å². The molecule has 6 aromatic rings. The molecule has 430 valence electrons. The molecule has 1 heterocycles. The second-order valence-electron chi connectivity index (χ2n) is 19.7. The Bertz CT molecular complexity index is 3140. The van der Waals surface area contributed by atoms with Crippen LogP contribution >= 0.6 is 25.3 Å². The summed E-state index contributed by atoms with van der Waals surface area (Å²) in [6, 6.07) is 23.7. The number of unbranched alkanes of at least 4 members (excludes halogenated alkanes) is 1. The Balaban J connectivity index is 1.25. The van der Waals surface area contributed by atoms with Gasteiger partial charge in [-0.2, -0.15) is 25.3 Å². The smallest absolute Gasteiger partial charge is 0.251 e. The molecular formula is C58H71N11O10S2. The molecule has 0 saturated heterocycles. The van der Waals surface area contributed by atoms with Crippen LogP contribution in [0.3, 0.4) is 0 Å². The number of rotatable bonds is 29. The number of aromatic nitrogens is 1. The van der Waals surface area contributed by atoms with Gasteiger partial charge in [0, 0.05) is 46.8 Å². The van der Waals surface area contributed by atoms with Crippen molar-refractivity contribution in [2.24, 2.45) is 17.2 Å². The quantitative estimate of drug-likeness (QED) is 0.0235. The number of H-pyrrole nitrogens is 1. The minimum Gasteiger partial charge on any atom is -0.508 e. The Morgan fingerprint density at radius 1 is 0.580 bits per heavy atom. The van der Waals surface area contributed by atoms with E-state index >= 15 is 0 Å². The summed E-state index contributed by atoms with van der Waals surface area (Å²) in [6.45, 7) is 2.92. The maximum absolute atomic E-state index is 14.8. The third kappa shape index (κ3) is 17.0. The van der Waals surface area contributed by atoms with E-state index in [9.17, 15) is 48.6 Å². The highest BCUT2D eigenvalue weighted by atomic mass is 32.1. The summed E-state index contributed by atoms with van der Waals surface area (Å²) in [4.78, 5) is 117. The summed E-state index contributed by atoms with van der Waals surface area (Å²) in [6.07, 6.45) is 0.683. The predicted octanol–water partition coefficient (Wildman–Crippen LogP) is 1.57. The van der Waals surface area contributed by atoms with Gasteiger partial charge in [-0.25, -0.2) is 0 Å². The van der Waals surface area contributed by atoms with Gasteiger partial charge in [-0.05, 0) is 92.4 Å². The lowest BCUT2D eigenvalue weighted by Crippen LogP contribution is -2.62. The number of phenolic OH excluding ortho intramolecular Hbond substituents is 1. The standard InChI is InChI=1S/C58H71N11O10S2/c1-33(51(61)72)69(49-21-12-16-37-15-6-7-18-41(37)49)58(79)48(32-81)67-57(78)50(34(2)70)68-53(74)44(20-10-11-26-59)63-55(76)46(29-38-30-62-43-19-9-8-17-40(38)43)65-54(75)45(28-36-22-24-39(71)25-23-36)64-56(77)47(31-80)66-52(73)42(60)27-35-13-4-3-5-14-35/h3-9,12-19,21-25,30,33-34,42,44-48,50,62,70-71,80-81H,10-11,20,26-29,31-32,59-60H2,1-2H3,(H2,61,72)(H,63,76)(H,64,77)(H,65,75)(H,66,73)(H,67,78)(H,68,74)/t33-,34+,42-,44-,45-,46-,47-,48-,50-/m0/s1. The van der Waals surface area contributed by atoms with E-state index in [1.54, 1.807) is 60.8 Å². The van der Waals surface area contributed by atoms with Crippen molar-refractivity contribution in [1.29, 1.82) is 0 Å². The van der Waals surface area contributed by atoms with Crippen LogP contribution in [0.4, 0.5) is 5.69 Å². The number of benzene rings is 5. The Labute approximate surface area is 480 Å². The molecule has 0 unspecified atom stereocenters. The van der Waals surface area contributed by atoms with Gasteiger partial charge in [-0.1, -0.05) is 97.1 Å². The number of nitrogens with two attached hydrogens (primary N) is 3. The van der Waals surface area contributed by atoms with Crippen molar-refractivity contribution in [1.82, 2.24) is 36.9 Å². The van der Waals surface area contributed by atoms with Gasteiger partial charge in [-0.15, -0.1) is 0 Å². The predicted molar refractivity (Wildman–Crippen MR) is 316 cm³/mol. The number of para-hydroxylation sites is 1. The molecule has 0 aliphatic heterocycles. The number of hydrogen-bond acceptors (Lipinski definition) is 14. The number of aromatic hydroxyl groups is 1. The average molecular weight is 1150 g/mol. The first-order chi connectivity index (χ1) is 38.8.